The highest BCUT2D eigenvalue weighted by atomic mass is 16.5. The molecule has 4 rings (SSSR count). The minimum atomic E-state index is -0.0968. The zero-order valence-corrected chi connectivity index (χ0v) is 15.5. The van der Waals surface area contributed by atoms with Gasteiger partial charge in [0.2, 0.25) is 0 Å². The van der Waals surface area contributed by atoms with Crippen LogP contribution in [0.1, 0.15) is 24.4 Å². The number of ether oxygens (including phenoxy) is 2. The molecule has 1 fully saturated rings. The largest absolute Gasteiger partial charge is 0.497 e. The van der Waals surface area contributed by atoms with Crippen molar-refractivity contribution in [3.63, 3.8) is 0 Å². The van der Waals surface area contributed by atoms with Crippen molar-refractivity contribution >= 4 is 10.9 Å². The molecule has 0 amide bonds. The van der Waals surface area contributed by atoms with Crippen LogP contribution in [-0.2, 0) is 6.67 Å². The first kappa shape index (κ1) is 17.5. The fourth-order valence-corrected chi connectivity index (χ4v) is 3.90. The van der Waals surface area contributed by atoms with Crippen molar-refractivity contribution in [2.75, 3.05) is 20.8 Å². The van der Waals surface area contributed by atoms with Crippen molar-refractivity contribution in [1.29, 1.82) is 0 Å². The summed E-state index contributed by atoms with van der Waals surface area (Å²) in [6, 6.07) is 13.5. The maximum absolute atomic E-state index is 12.8. The fourth-order valence-electron chi connectivity index (χ4n) is 3.90. The van der Waals surface area contributed by atoms with E-state index in [-0.39, 0.29) is 11.6 Å². The van der Waals surface area contributed by atoms with Gasteiger partial charge in [-0.15, -0.1) is 5.10 Å². The number of quaternary nitrogens is 1. The summed E-state index contributed by atoms with van der Waals surface area (Å²) in [4.78, 5) is 14.1. The molecule has 2 heterocycles. The summed E-state index contributed by atoms with van der Waals surface area (Å²) in [6.45, 7) is 1.46. The van der Waals surface area contributed by atoms with Crippen molar-refractivity contribution in [3.8, 4) is 11.5 Å². The number of nitrogens with zero attached hydrogens (tertiary/aromatic N) is 3. The SMILES string of the molecule is COc1ccc([C@H]2CCC[NH+]2Cn2nnc3ccccc3c2=O)c(OC)c1. The Kier molecular flexibility index (Phi) is 4.77. The van der Waals surface area contributed by atoms with Crippen LogP contribution >= 0.6 is 0 Å². The average molecular weight is 367 g/mol. The molecule has 1 saturated heterocycles. The highest BCUT2D eigenvalue weighted by Gasteiger charge is 2.33. The second kappa shape index (κ2) is 7.36. The van der Waals surface area contributed by atoms with E-state index >= 15 is 0 Å². The monoisotopic (exact) mass is 367 g/mol. The average Bonchev–Trinajstić information content (AvgIpc) is 3.17. The van der Waals surface area contributed by atoms with E-state index in [4.69, 9.17) is 9.47 Å². The van der Waals surface area contributed by atoms with Gasteiger partial charge in [-0.1, -0.05) is 17.3 Å². The predicted molar refractivity (Wildman–Crippen MR) is 101 cm³/mol. The third kappa shape index (κ3) is 3.26. The molecule has 1 aliphatic rings. The molecular weight excluding hydrogens is 344 g/mol. The summed E-state index contributed by atoms with van der Waals surface area (Å²) in [5.41, 5.74) is 1.66. The van der Waals surface area contributed by atoms with Crippen LogP contribution in [0.4, 0.5) is 0 Å². The van der Waals surface area contributed by atoms with Crippen molar-refractivity contribution in [2.45, 2.75) is 25.6 Å². The minimum absolute atomic E-state index is 0.0968. The molecule has 1 aromatic heterocycles. The third-order valence-corrected chi connectivity index (χ3v) is 5.28. The number of benzene rings is 2. The maximum atomic E-state index is 12.8. The van der Waals surface area contributed by atoms with Gasteiger partial charge in [0, 0.05) is 18.9 Å². The van der Waals surface area contributed by atoms with Crippen molar-refractivity contribution < 1.29 is 14.4 Å². The van der Waals surface area contributed by atoms with Crippen LogP contribution in [0.15, 0.2) is 47.3 Å². The van der Waals surface area contributed by atoms with Crippen LogP contribution in [-0.4, -0.2) is 35.8 Å². The molecule has 0 bridgehead atoms. The van der Waals surface area contributed by atoms with Crippen LogP contribution in [0.3, 0.4) is 0 Å². The van der Waals surface area contributed by atoms with E-state index in [1.54, 1.807) is 20.3 Å². The van der Waals surface area contributed by atoms with Gasteiger partial charge in [-0.25, -0.2) is 0 Å². The Hall–Kier alpha value is -2.93. The molecule has 2 atom stereocenters. The van der Waals surface area contributed by atoms with E-state index < -0.39 is 0 Å². The number of hydrogen-bond acceptors (Lipinski definition) is 5. The number of likely N-dealkylation sites (tertiary alicyclic amines) is 1. The Balaban J connectivity index is 1.65. The fraction of sp³-hybridized carbons (Fsp3) is 0.350. The zero-order chi connectivity index (χ0) is 18.8. The van der Waals surface area contributed by atoms with Gasteiger partial charge in [-0.2, -0.15) is 4.68 Å². The van der Waals surface area contributed by atoms with E-state index in [9.17, 15) is 4.79 Å². The van der Waals surface area contributed by atoms with Crippen molar-refractivity contribution in [2.24, 2.45) is 0 Å². The molecule has 3 aromatic rings. The van der Waals surface area contributed by atoms with E-state index in [2.05, 4.69) is 16.4 Å². The molecule has 0 aliphatic carbocycles. The van der Waals surface area contributed by atoms with Crippen molar-refractivity contribution in [1.82, 2.24) is 15.0 Å². The van der Waals surface area contributed by atoms with Gasteiger partial charge < -0.3 is 14.4 Å². The van der Waals surface area contributed by atoms with E-state index in [1.165, 1.54) is 9.58 Å². The quantitative estimate of drug-likeness (QED) is 0.733. The molecule has 2 aromatic carbocycles. The van der Waals surface area contributed by atoms with Gasteiger partial charge in [-0.05, 0) is 24.3 Å². The van der Waals surface area contributed by atoms with Gasteiger partial charge in [0.05, 0.1) is 31.7 Å². The molecule has 1 unspecified atom stereocenters. The lowest BCUT2D eigenvalue weighted by molar-refractivity contribution is -0.941. The van der Waals surface area contributed by atoms with E-state index in [0.29, 0.717) is 17.6 Å². The number of fused-ring (bicyclic) bond motifs is 1. The highest BCUT2D eigenvalue weighted by molar-refractivity contribution is 5.76. The number of methoxy groups -OCH3 is 2. The minimum Gasteiger partial charge on any atom is -0.497 e. The van der Waals surface area contributed by atoms with Gasteiger partial charge in [0.25, 0.3) is 5.56 Å². The van der Waals surface area contributed by atoms with Gasteiger partial charge in [-0.3, -0.25) is 4.79 Å². The molecule has 7 nitrogen and oxygen atoms in total. The number of nitrogens with one attached hydrogen (secondary N) is 1. The molecule has 1 N–H and O–H groups in total. The standard InChI is InChI=1S/C20H22N4O3/c1-26-14-9-10-16(19(12-14)27-2)18-8-5-11-23(18)13-24-20(25)15-6-3-4-7-17(15)21-22-24/h3-4,6-7,9-10,12,18H,5,8,11,13H2,1-2H3/p+1/t18-/m1/s1. The second-order valence-electron chi connectivity index (χ2n) is 6.78. The van der Waals surface area contributed by atoms with Gasteiger partial charge in [0.15, 0.2) is 6.67 Å². The molecule has 0 saturated carbocycles. The van der Waals surface area contributed by atoms with E-state index in [0.717, 1.165) is 36.4 Å². The first-order chi connectivity index (χ1) is 13.2. The maximum Gasteiger partial charge on any atom is 0.282 e. The molecule has 140 valence electrons. The number of rotatable bonds is 5. The van der Waals surface area contributed by atoms with Gasteiger partial charge in [0.1, 0.15) is 23.1 Å². The Morgan fingerprint density at radius 2 is 2.04 bits per heavy atom. The Morgan fingerprint density at radius 1 is 1.19 bits per heavy atom. The summed E-state index contributed by atoms with van der Waals surface area (Å²) in [5.74, 6) is 1.59. The van der Waals surface area contributed by atoms with Crippen LogP contribution in [0.5, 0.6) is 11.5 Å². The highest BCUT2D eigenvalue weighted by Crippen LogP contribution is 2.31. The normalized spacial score (nSPS) is 19.3. The molecule has 7 heteroatoms. The second-order valence-corrected chi connectivity index (χ2v) is 6.78. The molecule has 27 heavy (non-hydrogen) atoms. The lowest BCUT2D eigenvalue weighted by atomic mass is 10.0. The van der Waals surface area contributed by atoms with Crippen LogP contribution < -0.4 is 19.9 Å². The zero-order valence-electron chi connectivity index (χ0n) is 15.5. The summed E-state index contributed by atoms with van der Waals surface area (Å²) in [5, 5.41) is 8.95. The third-order valence-electron chi connectivity index (χ3n) is 5.28. The first-order valence-corrected chi connectivity index (χ1v) is 9.10. The van der Waals surface area contributed by atoms with Crippen LogP contribution in [0.2, 0.25) is 0 Å². The van der Waals surface area contributed by atoms with E-state index in [1.807, 2.05) is 30.3 Å². The van der Waals surface area contributed by atoms with Crippen molar-refractivity contribution in [3.05, 3.63) is 58.4 Å². The summed E-state index contributed by atoms with van der Waals surface area (Å²) >= 11 is 0. The Labute approximate surface area is 157 Å². The Bertz CT molecular complexity index is 1020. The van der Waals surface area contributed by atoms with Crippen LogP contribution in [0.25, 0.3) is 10.9 Å². The smallest absolute Gasteiger partial charge is 0.282 e. The lowest BCUT2D eigenvalue weighted by Gasteiger charge is -2.23. The topological polar surface area (TPSA) is 70.7 Å². The summed E-state index contributed by atoms with van der Waals surface area (Å²) in [6.07, 6.45) is 2.12. The lowest BCUT2D eigenvalue weighted by Crippen LogP contribution is -3.09. The molecule has 1 aliphatic heterocycles. The predicted octanol–water partition coefficient (Wildman–Crippen LogP) is 1.19. The number of aromatic nitrogens is 3. The molecular formula is C20H23N4O3+. The molecule has 0 radical (unpaired) electrons. The molecule has 0 spiro atoms. The number of hydrogen-bond donors (Lipinski definition) is 1. The summed E-state index contributed by atoms with van der Waals surface area (Å²) < 4.78 is 12.4. The summed E-state index contributed by atoms with van der Waals surface area (Å²) in [7, 11) is 3.32. The van der Waals surface area contributed by atoms with Crippen LogP contribution in [0, 0.1) is 0 Å². The first-order valence-electron chi connectivity index (χ1n) is 9.10. The Morgan fingerprint density at radius 3 is 2.85 bits per heavy atom. The van der Waals surface area contributed by atoms with Gasteiger partial charge >= 0.3 is 0 Å².